The van der Waals surface area contributed by atoms with E-state index in [1.54, 1.807) is 6.33 Å². The van der Waals surface area contributed by atoms with E-state index in [0.29, 0.717) is 0 Å². The molecule has 0 spiro atoms. The van der Waals surface area contributed by atoms with Gasteiger partial charge in [0.2, 0.25) is 0 Å². The van der Waals surface area contributed by atoms with E-state index in [4.69, 9.17) is 26.4 Å². The van der Waals surface area contributed by atoms with Crippen LogP contribution in [0.1, 0.15) is 43.9 Å². The highest BCUT2D eigenvalue weighted by Crippen LogP contribution is 2.36. The topological polar surface area (TPSA) is 74.6 Å². The summed E-state index contributed by atoms with van der Waals surface area (Å²) in [5.74, 6) is 0.927. The maximum absolute atomic E-state index is 6.59. The lowest BCUT2D eigenvalue weighted by Crippen LogP contribution is -2.47. The lowest BCUT2D eigenvalue weighted by atomic mass is 10.1. The van der Waals surface area contributed by atoms with Crippen LogP contribution >= 0.6 is 27.5 Å². The zero-order chi connectivity index (χ0) is 26.1. The van der Waals surface area contributed by atoms with E-state index in [1.165, 1.54) is 37.2 Å². The van der Waals surface area contributed by atoms with Gasteiger partial charge in [-0.15, -0.1) is 0 Å². The standard InChI is InChI=1S/C27H36BrClN8O/c1-19-21(30-7-10-34-8-3-4-9-34)16-20(29)17-22(19)35-11-13-36(14-12-35)26-24-25(28)33-37(27(24)32-18-31-26)23-6-2-5-15-38-23/h16-18,23,30H,2-15H2,1H3. The van der Waals surface area contributed by atoms with Crippen LogP contribution in [0.3, 0.4) is 0 Å². The van der Waals surface area contributed by atoms with E-state index in [-0.39, 0.29) is 6.23 Å². The summed E-state index contributed by atoms with van der Waals surface area (Å²) in [5, 5.41) is 10.1. The van der Waals surface area contributed by atoms with E-state index >= 15 is 0 Å². The molecule has 3 saturated heterocycles. The highest BCUT2D eigenvalue weighted by Gasteiger charge is 2.27. The summed E-state index contributed by atoms with van der Waals surface area (Å²) in [6.07, 6.45) is 7.42. The van der Waals surface area contributed by atoms with E-state index in [9.17, 15) is 0 Å². The number of aromatic nitrogens is 4. The average molecular weight is 604 g/mol. The third-order valence-corrected chi connectivity index (χ3v) is 8.83. The molecule has 3 aromatic rings. The molecule has 1 N–H and O–H groups in total. The molecule has 3 aliphatic heterocycles. The molecule has 6 rings (SSSR count). The van der Waals surface area contributed by atoms with Gasteiger partial charge in [0.05, 0.1) is 5.39 Å². The van der Waals surface area contributed by atoms with Gasteiger partial charge in [0.1, 0.15) is 16.7 Å². The molecular weight excluding hydrogens is 568 g/mol. The van der Waals surface area contributed by atoms with Gasteiger partial charge in [-0.1, -0.05) is 11.6 Å². The van der Waals surface area contributed by atoms with E-state index in [2.05, 4.69) is 60.0 Å². The smallest absolute Gasteiger partial charge is 0.167 e. The highest BCUT2D eigenvalue weighted by atomic mass is 79.9. The van der Waals surface area contributed by atoms with Gasteiger partial charge in [-0.2, -0.15) is 5.10 Å². The Morgan fingerprint density at radius 3 is 2.58 bits per heavy atom. The molecule has 9 nitrogen and oxygen atoms in total. The monoisotopic (exact) mass is 602 g/mol. The van der Waals surface area contributed by atoms with E-state index < -0.39 is 0 Å². The second-order valence-corrected chi connectivity index (χ2v) is 11.7. The van der Waals surface area contributed by atoms with Crippen molar-refractivity contribution in [2.75, 3.05) is 74.1 Å². The van der Waals surface area contributed by atoms with Gasteiger partial charge < -0.3 is 24.8 Å². The summed E-state index contributed by atoms with van der Waals surface area (Å²) in [4.78, 5) is 16.6. The van der Waals surface area contributed by atoms with Gasteiger partial charge in [-0.05, 0) is 85.7 Å². The Labute approximate surface area is 237 Å². The predicted octanol–water partition coefficient (Wildman–Crippen LogP) is 5.08. The zero-order valence-corrected chi connectivity index (χ0v) is 24.3. The van der Waals surface area contributed by atoms with E-state index in [0.717, 1.165) is 97.3 Å². The van der Waals surface area contributed by atoms with Crippen molar-refractivity contribution in [3.8, 4) is 0 Å². The Morgan fingerprint density at radius 2 is 1.82 bits per heavy atom. The quantitative estimate of drug-likeness (QED) is 0.401. The highest BCUT2D eigenvalue weighted by molar-refractivity contribution is 9.10. The van der Waals surface area contributed by atoms with Crippen LogP contribution in [0.2, 0.25) is 5.02 Å². The maximum Gasteiger partial charge on any atom is 0.167 e. The van der Waals surface area contributed by atoms with Crippen molar-refractivity contribution in [3.63, 3.8) is 0 Å². The molecule has 0 bridgehead atoms. The molecule has 11 heteroatoms. The summed E-state index contributed by atoms with van der Waals surface area (Å²) in [6, 6.07) is 4.16. The van der Waals surface area contributed by atoms with Crippen molar-refractivity contribution in [2.45, 2.75) is 45.3 Å². The van der Waals surface area contributed by atoms with Crippen LogP contribution in [0.25, 0.3) is 11.0 Å². The summed E-state index contributed by atoms with van der Waals surface area (Å²) in [5.41, 5.74) is 4.42. The van der Waals surface area contributed by atoms with Gasteiger partial charge in [0.25, 0.3) is 0 Å². The van der Waals surface area contributed by atoms with E-state index in [1.807, 2.05) is 4.68 Å². The van der Waals surface area contributed by atoms with Crippen molar-refractivity contribution < 1.29 is 4.74 Å². The Bertz CT molecular complexity index is 1270. The predicted molar refractivity (Wildman–Crippen MR) is 157 cm³/mol. The minimum absolute atomic E-state index is 0.0684. The molecule has 1 aromatic carbocycles. The normalized spacial score (nSPS) is 21.0. The van der Waals surface area contributed by atoms with Gasteiger partial charge in [-0.3, -0.25) is 0 Å². The van der Waals surface area contributed by atoms with Gasteiger partial charge in [-0.25, -0.2) is 14.6 Å². The van der Waals surface area contributed by atoms with Crippen LogP contribution in [0.4, 0.5) is 17.2 Å². The van der Waals surface area contributed by atoms with Gasteiger partial charge in [0.15, 0.2) is 11.9 Å². The first-order valence-electron chi connectivity index (χ1n) is 13.8. The number of benzene rings is 1. The van der Waals surface area contributed by atoms with Crippen LogP contribution in [0.5, 0.6) is 0 Å². The molecule has 0 amide bonds. The van der Waals surface area contributed by atoms with Crippen LogP contribution in [0.15, 0.2) is 23.1 Å². The molecule has 1 atom stereocenters. The number of nitrogens with one attached hydrogen (secondary N) is 1. The summed E-state index contributed by atoms with van der Waals surface area (Å²) >= 11 is 10.3. The molecule has 0 radical (unpaired) electrons. The number of piperazine rings is 1. The van der Waals surface area contributed by atoms with Crippen LogP contribution in [-0.4, -0.2) is 83.6 Å². The number of nitrogens with zero attached hydrogens (tertiary/aromatic N) is 7. The second kappa shape index (κ2) is 11.5. The van der Waals surface area contributed by atoms with Crippen molar-refractivity contribution in [1.82, 2.24) is 24.6 Å². The number of likely N-dealkylation sites (tertiary alicyclic amines) is 1. The third kappa shape index (κ3) is 5.33. The second-order valence-electron chi connectivity index (χ2n) is 10.5. The fraction of sp³-hybridized carbons (Fsp3) is 0.593. The van der Waals surface area contributed by atoms with Crippen LogP contribution < -0.4 is 15.1 Å². The van der Waals surface area contributed by atoms with Crippen molar-refractivity contribution in [2.24, 2.45) is 0 Å². The molecule has 3 aliphatic rings. The largest absolute Gasteiger partial charge is 0.383 e. The first kappa shape index (κ1) is 26.1. The van der Waals surface area contributed by atoms with Gasteiger partial charge >= 0.3 is 0 Å². The van der Waals surface area contributed by atoms with Gasteiger partial charge in [0, 0.05) is 62.3 Å². The molecule has 0 saturated carbocycles. The fourth-order valence-corrected chi connectivity index (χ4v) is 6.70. The first-order valence-corrected chi connectivity index (χ1v) is 15.0. The lowest BCUT2D eigenvalue weighted by Gasteiger charge is -2.38. The van der Waals surface area contributed by atoms with Crippen molar-refractivity contribution in [3.05, 3.63) is 33.6 Å². The Kier molecular flexibility index (Phi) is 7.92. The molecular formula is C27H36BrClN8O. The maximum atomic E-state index is 6.59. The summed E-state index contributed by atoms with van der Waals surface area (Å²) < 4.78 is 8.69. The molecule has 0 aliphatic carbocycles. The molecule has 5 heterocycles. The fourth-order valence-electron chi connectivity index (χ4n) is 5.97. The Morgan fingerprint density at radius 1 is 1.03 bits per heavy atom. The number of halogens is 2. The number of hydrogen-bond donors (Lipinski definition) is 1. The molecule has 38 heavy (non-hydrogen) atoms. The minimum atomic E-state index is -0.0684. The molecule has 1 unspecified atom stereocenters. The van der Waals surface area contributed by atoms with Crippen molar-refractivity contribution in [1.29, 1.82) is 0 Å². The number of fused-ring (bicyclic) bond motifs is 1. The average Bonchev–Trinajstić information content (AvgIpc) is 3.59. The number of ether oxygens (including phenoxy) is 1. The minimum Gasteiger partial charge on any atom is -0.383 e. The third-order valence-electron chi connectivity index (χ3n) is 8.06. The van der Waals surface area contributed by atoms with Crippen LogP contribution in [0, 0.1) is 6.92 Å². The molecule has 204 valence electrons. The van der Waals surface area contributed by atoms with Crippen LogP contribution in [-0.2, 0) is 4.74 Å². The van der Waals surface area contributed by atoms with Crippen molar-refractivity contribution >= 4 is 55.8 Å². The summed E-state index contributed by atoms with van der Waals surface area (Å²) in [6.45, 7) is 10.9. The number of anilines is 3. The SMILES string of the molecule is Cc1c(NCCN2CCCC2)cc(Cl)cc1N1CCN(c2ncnc3c2c(Br)nn3C2CCCCO2)CC1. The molecule has 3 fully saturated rings. The zero-order valence-electron chi connectivity index (χ0n) is 22.0. The Hall–Kier alpha value is -2.14. The first-order chi connectivity index (χ1) is 18.6. The number of rotatable bonds is 7. The number of hydrogen-bond acceptors (Lipinski definition) is 8. The lowest BCUT2D eigenvalue weighted by molar-refractivity contribution is -0.0371. The molecule has 2 aromatic heterocycles. The Balaban J connectivity index is 1.16. The summed E-state index contributed by atoms with van der Waals surface area (Å²) in [7, 11) is 0.